The minimum absolute atomic E-state index is 0.000913. The van der Waals surface area contributed by atoms with E-state index in [9.17, 15) is 18.0 Å². The molecule has 0 spiro atoms. The highest BCUT2D eigenvalue weighted by Gasteiger charge is 2.42. The van der Waals surface area contributed by atoms with Gasteiger partial charge >= 0.3 is 6.18 Å². The number of aliphatic hydroxyl groups excluding tert-OH is 1. The highest BCUT2D eigenvalue weighted by molar-refractivity contribution is 5.78. The first kappa shape index (κ1) is 14.6. The van der Waals surface area contributed by atoms with Crippen LogP contribution in [0.1, 0.15) is 32.1 Å². The molecule has 0 aromatic carbocycles. The molecule has 0 aromatic heterocycles. The highest BCUT2D eigenvalue weighted by atomic mass is 19.4. The van der Waals surface area contributed by atoms with E-state index in [2.05, 4.69) is 0 Å². The second-order valence-corrected chi connectivity index (χ2v) is 5.81. The second-order valence-electron chi connectivity index (χ2n) is 5.81. The van der Waals surface area contributed by atoms with Gasteiger partial charge in [0.1, 0.15) is 0 Å². The number of alkyl halides is 3. The van der Waals surface area contributed by atoms with Gasteiger partial charge in [0.25, 0.3) is 0 Å². The van der Waals surface area contributed by atoms with Gasteiger partial charge in [0, 0.05) is 32.0 Å². The zero-order valence-electron chi connectivity index (χ0n) is 10.8. The van der Waals surface area contributed by atoms with Crippen molar-refractivity contribution in [2.24, 2.45) is 17.8 Å². The van der Waals surface area contributed by atoms with Gasteiger partial charge in [-0.3, -0.25) is 4.79 Å². The van der Waals surface area contributed by atoms with Crippen molar-refractivity contribution in [3.8, 4) is 0 Å². The molecule has 110 valence electrons. The van der Waals surface area contributed by atoms with Crippen molar-refractivity contribution >= 4 is 5.91 Å². The van der Waals surface area contributed by atoms with E-state index in [4.69, 9.17) is 5.11 Å². The monoisotopic (exact) mass is 279 g/mol. The van der Waals surface area contributed by atoms with Gasteiger partial charge in [-0.15, -0.1) is 0 Å². The smallest absolute Gasteiger partial charge is 0.391 e. The van der Waals surface area contributed by atoms with Gasteiger partial charge in [0.2, 0.25) is 5.91 Å². The molecule has 1 N–H and O–H groups in total. The minimum Gasteiger partial charge on any atom is -0.396 e. The standard InChI is InChI=1S/C13H20F3NO2/c14-13(15,16)11-3-1-9(2-4-11)6-17-7-10(8-18)5-12(17)19/h9-11,18H,1-8H2. The summed E-state index contributed by atoms with van der Waals surface area (Å²) >= 11 is 0. The number of likely N-dealkylation sites (tertiary alicyclic amines) is 1. The van der Waals surface area contributed by atoms with Crippen LogP contribution in [0, 0.1) is 17.8 Å². The highest BCUT2D eigenvalue weighted by Crippen LogP contribution is 2.39. The van der Waals surface area contributed by atoms with Crippen molar-refractivity contribution in [1.82, 2.24) is 4.90 Å². The van der Waals surface area contributed by atoms with E-state index in [0.717, 1.165) is 0 Å². The first-order valence-corrected chi connectivity index (χ1v) is 6.85. The van der Waals surface area contributed by atoms with Crippen LogP contribution in [0.3, 0.4) is 0 Å². The summed E-state index contributed by atoms with van der Waals surface area (Å²) < 4.78 is 37.6. The van der Waals surface area contributed by atoms with E-state index in [1.165, 1.54) is 0 Å². The molecular weight excluding hydrogens is 259 g/mol. The van der Waals surface area contributed by atoms with Crippen molar-refractivity contribution in [1.29, 1.82) is 0 Å². The molecule has 1 saturated carbocycles. The third-order valence-electron chi connectivity index (χ3n) is 4.34. The molecule has 0 radical (unpaired) electrons. The summed E-state index contributed by atoms with van der Waals surface area (Å²) in [6.45, 7) is 1.11. The van der Waals surface area contributed by atoms with Gasteiger partial charge < -0.3 is 10.0 Å². The first-order valence-electron chi connectivity index (χ1n) is 6.85. The Bertz CT molecular complexity index is 324. The largest absolute Gasteiger partial charge is 0.396 e. The number of aliphatic hydroxyl groups is 1. The number of hydrogen-bond donors (Lipinski definition) is 1. The normalized spacial score (nSPS) is 32.9. The van der Waals surface area contributed by atoms with E-state index < -0.39 is 12.1 Å². The van der Waals surface area contributed by atoms with Gasteiger partial charge in [-0.25, -0.2) is 0 Å². The van der Waals surface area contributed by atoms with Crippen molar-refractivity contribution in [2.45, 2.75) is 38.3 Å². The van der Waals surface area contributed by atoms with E-state index in [0.29, 0.717) is 32.4 Å². The summed E-state index contributed by atoms with van der Waals surface area (Å²) in [4.78, 5) is 13.4. The van der Waals surface area contributed by atoms with Crippen LogP contribution >= 0.6 is 0 Å². The molecule has 1 aliphatic carbocycles. The molecule has 1 atom stereocenters. The Labute approximate surface area is 110 Å². The number of nitrogens with zero attached hydrogens (tertiary/aromatic N) is 1. The third kappa shape index (κ3) is 3.61. The van der Waals surface area contributed by atoms with Crippen LogP contribution < -0.4 is 0 Å². The van der Waals surface area contributed by atoms with E-state index in [1.807, 2.05) is 0 Å². The first-order chi connectivity index (χ1) is 8.90. The lowest BCUT2D eigenvalue weighted by molar-refractivity contribution is -0.184. The number of carbonyl (C=O) groups excluding carboxylic acids is 1. The Morgan fingerprint density at radius 2 is 1.79 bits per heavy atom. The molecule has 1 unspecified atom stereocenters. The maximum atomic E-state index is 12.5. The molecule has 0 aromatic rings. The topological polar surface area (TPSA) is 40.5 Å². The van der Waals surface area contributed by atoms with Crippen molar-refractivity contribution in [3.63, 3.8) is 0 Å². The Kier molecular flexibility index (Phi) is 4.38. The molecule has 2 aliphatic rings. The molecule has 1 saturated heterocycles. The summed E-state index contributed by atoms with van der Waals surface area (Å²) in [6.07, 6.45) is -2.26. The number of carbonyl (C=O) groups is 1. The fourth-order valence-corrected chi connectivity index (χ4v) is 3.14. The Morgan fingerprint density at radius 1 is 1.16 bits per heavy atom. The van der Waals surface area contributed by atoms with Crippen LogP contribution in [-0.4, -0.2) is 41.8 Å². The lowest BCUT2D eigenvalue weighted by Crippen LogP contribution is -2.35. The van der Waals surface area contributed by atoms with Crippen LogP contribution in [0.25, 0.3) is 0 Å². The molecule has 1 aliphatic heterocycles. The fraction of sp³-hybridized carbons (Fsp3) is 0.923. The molecule has 19 heavy (non-hydrogen) atoms. The summed E-state index contributed by atoms with van der Waals surface area (Å²) in [7, 11) is 0. The maximum Gasteiger partial charge on any atom is 0.391 e. The minimum atomic E-state index is -4.07. The van der Waals surface area contributed by atoms with Crippen LogP contribution in [0.4, 0.5) is 13.2 Å². The second kappa shape index (κ2) is 5.69. The fourth-order valence-electron chi connectivity index (χ4n) is 3.14. The zero-order chi connectivity index (χ0) is 14.0. The zero-order valence-corrected chi connectivity index (χ0v) is 10.8. The SMILES string of the molecule is O=C1CC(CO)CN1CC1CCC(C(F)(F)F)CC1. The predicted octanol–water partition coefficient (Wildman–Crippen LogP) is 2.20. The average molecular weight is 279 g/mol. The molecule has 1 amide bonds. The van der Waals surface area contributed by atoms with Gasteiger partial charge in [0.15, 0.2) is 0 Å². The summed E-state index contributed by atoms with van der Waals surface area (Å²) in [5.41, 5.74) is 0. The summed E-state index contributed by atoms with van der Waals surface area (Å²) in [5.74, 6) is -0.959. The Balaban J connectivity index is 1.79. The van der Waals surface area contributed by atoms with E-state index in [-0.39, 0.29) is 37.2 Å². The van der Waals surface area contributed by atoms with Gasteiger partial charge in [-0.2, -0.15) is 13.2 Å². The van der Waals surface area contributed by atoms with Crippen LogP contribution in [0.5, 0.6) is 0 Å². The lowest BCUT2D eigenvalue weighted by atomic mass is 9.81. The Hall–Kier alpha value is -0.780. The lowest BCUT2D eigenvalue weighted by Gasteiger charge is -2.32. The van der Waals surface area contributed by atoms with Gasteiger partial charge in [0.05, 0.1) is 5.92 Å². The molecule has 2 fully saturated rings. The average Bonchev–Trinajstić information content (AvgIpc) is 2.70. The van der Waals surface area contributed by atoms with Crippen molar-refractivity contribution in [2.75, 3.05) is 19.7 Å². The summed E-state index contributed by atoms with van der Waals surface area (Å²) in [5, 5.41) is 9.03. The molecule has 3 nitrogen and oxygen atoms in total. The van der Waals surface area contributed by atoms with Crippen molar-refractivity contribution < 1.29 is 23.1 Å². The molecule has 2 rings (SSSR count). The maximum absolute atomic E-state index is 12.5. The van der Waals surface area contributed by atoms with Gasteiger partial charge in [-0.1, -0.05) is 0 Å². The van der Waals surface area contributed by atoms with E-state index >= 15 is 0 Å². The van der Waals surface area contributed by atoms with Crippen LogP contribution in [0.15, 0.2) is 0 Å². The number of hydrogen-bond acceptors (Lipinski definition) is 2. The third-order valence-corrected chi connectivity index (χ3v) is 4.34. The number of rotatable bonds is 3. The molecule has 6 heteroatoms. The number of halogens is 3. The Morgan fingerprint density at radius 3 is 2.26 bits per heavy atom. The molecular formula is C13H20F3NO2. The predicted molar refractivity (Wildman–Crippen MR) is 63.3 cm³/mol. The van der Waals surface area contributed by atoms with Crippen molar-refractivity contribution in [3.05, 3.63) is 0 Å². The molecule has 1 heterocycles. The number of amides is 1. The summed E-state index contributed by atoms with van der Waals surface area (Å²) in [6, 6.07) is 0. The van der Waals surface area contributed by atoms with E-state index in [1.54, 1.807) is 4.90 Å². The van der Waals surface area contributed by atoms with Crippen LogP contribution in [-0.2, 0) is 4.79 Å². The van der Waals surface area contributed by atoms with Gasteiger partial charge in [-0.05, 0) is 31.6 Å². The van der Waals surface area contributed by atoms with Crippen LogP contribution in [0.2, 0.25) is 0 Å². The quantitative estimate of drug-likeness (QED) is 0.860. The molecule has 0 bridgehead atoms.